The van der Waals surface area contributed by atoms with E-state index in [1.165, 1.54) is 17.8 Å². The fourth-order valence-electron chi connectivity index (χ4n) is 1.94. The Morgan fingerprint density at radius 3 is 3.21 bits per heavy atom. The van der Waals surface area contributed by atoms with Crippen LogP contribution in [-0.4, -0.2) is 28.2 Å². The average molecular weight is 210 g/mol. The van der Waals surface area contributed by atoms with Crippen LogP contribution in [0.15, 0.2) is 5.51 Å². The predicted molar refractivity (Wildman–Crippen MR) is 52.0 cm³/mol. The molecule has 5 nitrogen and oxygen atoms in total. The molecule has 3 atom stereocenters. The number of nitrogens with one attached hydrogen (secondary N) is 2. The number of rotatable bonds is 2. The van der Waals surface area contributed by atoms with Crippen molar-refractivity contribution in [3.8, 4) is 0 Å². The summed E-state index contributed by atoms with van der Waals surface area (Å²) in [5, 5.41) is 14.0. The lowest BCUT2D eigenvalue weighted by Gasteiger charge is -2.10. The second-order valence-corrected chi connectivity index (χ2v) is 4.62. The fourth-order valence-corrected chi connectivity index (χ4v) is 2.39. The van der Waals surface area contributed by atoms with Gasteiger partial charge in [-0.25, -0.2) is 0 Å². The van der Waals surface area contributed by atoms with E-state index in [9.17, 15) is 4.79 Å². The van der Waals surface area contributed by atoms with Crippen LogP contribution in [0.4, 0.5) is 5.13 Å². The number of anilines is 1. The van der Waals surface area contributed by atoms with E-state index in [1.807, 2.05) is 0 Å². The van der Waals surface area contributed by atoms with Gasteiger partial charge in [-0.05, 0) is 18.8 Å². The SMILES string of the molecule is O=C(Nc1nncs1)[C@@H]1C[C@@H]2C[C@@H]2N1. The molecule has 0 aromatic carbocycles. The topological polar surface area (TPSA) is 66.9 Å². The van der Waals surface area contributed by atoms with Gasteiger partial charge in [-0.1, -0.05) is 11.3 Å². The highest BCUT2D eigenvalue weighted by atomic mass is 32.1. The molecule has 3 rings (SSSR count). The largest absolute Gasteiger partial charge is 0.303 e. The first-order valence-electron chi connectivity index (χ1n) is 4.66. The van der Waals surface area contributed by atoms with Crippen molar-refractivity contribution < 1.29 is 4.79 Å². The first kappa shape index (κ1) is 8.31. The van der Waals surface area contributed by atoms with Crippen LogP contribution >= 0.6 is 11.3 Å². The standard InChI is InChI=1S/C8H10N4OS/c13-7(11-8-12-9-3-14-8)6-2-4-1-5(4)10-6/h3-6,10H,1-2H2,(H,11,12,13)/t4-,5-,6-/m0/s1. The lowest BCUT2D eigenvalue weighted by atomic mass is 10.2. The Balaban J connectivity index is 1.60. The lowest BCUT2D eigenvalue weighted by Crippen LogP contribution is -2.37. The number of amides is 1. The van der Waals surface area contributed by atoms with Crippen LogP contribution in [0.2, 0.25) is 0 Å². The van der Waals surface area contributed by atoms with Gasteiger partial charge in [0.25, 0.3) is 0 Å². The second-order valence-electron chi connectivity index (χ2n) is 3.79. The zero-order chi connectivity index (χ0) is 9.54. The Morgan fingerprint density at radius 2 is 2.57 bits per heavy atom. The van der Waals surface area contributed by atoms with E-state index in [0.717, 1.165) is 12.3 Å². The molecule has 2 heterocycles. The van der Waals surface area contributed by atoms with Gasteiger partial charge in [-0.2, -0.15) is 0 Å². The third kappa shape index (κ3) is 1.40. The zero-order valence-corrected chi connectivity index (χ0v) is 8.25. The molecule has 1 saturated carbocycles. The first-order valence-corrected chi connectivity index (χ1v) is 5.54. The van der Waals surface area contributed by atoms with Crippen molar-refractivity contribution in [2.24, 2.45) is 5.92 Å². The number of fused-ring (bicyclic) bond motifs is 1. The Bertz CT molecular complexity index is 342. The van der Waals surface area contributed by atoms with E-state index in [2.05, 4.69) is 20.8 Å². The van der Waals surface area contributed by atoms with Crippen LogP contribution in [0.3, 0.4) is 0 Å². The Morgan fingerprint density at radius 1 is 1.64 bits per heavy atom. The maximum atomic E-state index is 11.6. The molecule has 2 N–H and O–H groups in total. The van der Waals surface area contributed by atoms with Gasteiger partial charge >= 0.3 is 0 Å². The van der Waals surface area contributed by atoms with Gasteiger partial charge in [-0.15, -0.1) is 10.2 Å². The quantitative estimate of drug-likeness (QED) is 0.733. The predicted octanol–water partition coefficient (Wildman–Crippen LogP) is 0.227. The van der Waals surface area contributed by atoms with Crippen molar-refractivity contribution in [2.45, 2.75) is 24.9 Å². The van der Waals surface area contributed by atoms with Crippen LogP contribution in [0.5, 0.6) is 0 Å². The molecular weight excluding hydrogens is 200 g/mol. The van der Waals surface area contributed by atoms with Gasteiger partial charge < -0.3 is 5.32 Å². The van der Waals surface area contributed by atoms with Gasteiger partial charge in [0, 0.05) is 6.04 Å². The number of hydrogen-bond acceptors (Lipinski definition) is 5. The fraction of sp³-hybridized carbons (Fsp3) is 0.625. The van der Waals surface area contributed by atoms with Crippen molar-refractivity contribution in [1.82, 2.24) is 15.5 Å². The van der Waals surface area contributed by atoms with Crippen molar-refractivity contribution in [2.75, 3.05) is 5.32 Å². The van der Waals surface area contributed by atoms with Gasteiger partial charge in [0.15, 0.2) is 0 Å². The minimum Gasteiger partial charge on any atom is -0.303 e. The minimum atomic E-state index is -0.0253. The molecular formula is C8H10N4OS. The molecule has 0 radical (unpaired) electrons. The molecule has 0 spiro atoms. The molecule has 1 aliphatic heterocycles. The molecule has 1 aromatic heterocycles. The maximum absolute atomic E-state index is 11.6. The third-order valence-electron chi connectivity index (χ3n) is 2.78. The van der Waals surface area contributed by atoms with Crippen molar-refractivity contribution in [3.63, 3.8) is 0 Å². The summed E-state index contributed by atoms with van der Waals surface area (Å²) in [5.74, 6) is 0.758. The minimum absolute atomic E-state index is 0.0222. The lowest BCUT2D eigenvalue weighted by molar-refractivity contribution is -0.118. The Hall–Kier alpha value is -1.01. The van der Waals surface area contributed by atoms with Crippen LogP contribution in [0.1, 0.15) is 12.8 Å². The molecule has 1 aromatic rings. The number of carbonyl (C=O) groups is 1. The van der Waals surface area contributed by atoms with Crippen molar-refractivity contribution in [1.29, 1.82) is 0 Å². The summed E-state index contributed by atoms with van der Waals surface area (Å²) >= 11 is 1.34. The van der Waals surface area contributed by atoms with Gasteiger partial charge in [0.2, 0.25) is 11.0 Å². The van der Waals surface area contributed by atoms with Crippen molar-refractivity contribution in [3.05, 3.63) is 5.51 Å². The summed E-state index contributed by atoms with van der Waals surface area (Å²) in [6, 6.07) is 0.572. The summed E-state index contributed by atoms with van der Waals surface area (Å²) in [5.41, 5.74) is 1.61. The summed E-state index contributed by atoms with van der Waals surface area (Å²) in [6.07, 6.45) is 2.21. The molecule has 1 aliphatic carbocycles. The number of piperidine rings is 1. The molecule has 2 fully saturated rings. The molecule has 1 saturated heterocycles. The molecule has 6 heteroatoms. The monoisotopic (exact) mass is 210 g/mol. The number of hydrogen-bond donors (Lipinski definition) is 2. The van der Waals surface area contributed by atoms with E-state index >= 15 is 0 Å². The molecule has 1 amide bonds. The second kappa shape index (κ2) is 2.99. The highest BCUT2D eigenvalue weighted by molar-refractivity contribution is 7.13. The van der Waals surface area contributed by atoms with E-state index in [1.54, 1.807) is 5.51 Å². The highest BCUT2D eigenvalue weighted by Crippen LogP contribution is 2.40. The third-order valence-corrected chi connectivity index (χ3v) is 3.39. The van der Waals surface area contributed by atoms with E-state index in [-0.39, 0.29) is 11.9 Å². The number of nitrogens with zero attached hydrogens (tertiary/aromatic N) is 2. The van der Waals surface area contributed by atoms with Gasteiger partial charge in [-0.3, -0.25) is 10.1 Å². The van der Waals surface area contributed by atoms with Crippen LogP contribution in [-0.2, 0) is 4.79 Å². The first-order chi connectivity index (χ1) is 6.83. The molecule has 2 aliphatic rings. The van der Waals surface area contributed by atoms with E-state index in [4.69, 9.17) is 0 Å². The number of carbonyl (C=O) groups excluding carboxylic acids is 1. The Kier molecular flexibility index (Phi) is 1.78. The Labute approximate surface area is 84.9 Å². The van der Waals surface area contributed by atoms with Crippen molar-refractivity contribution >= 4 is 22.4 Å². The zero-order valence-electron chi connectivity index (χ0n) is 7.43. The normalized spacial score (nSPS) is 33.9. The number of aromatic nitrogens is 2. The molecule has 74 valence electrons. The van der Waals surface area contributed by atoms with Crippen LogP contribution in [0, 0.1) is 5.92 Å². The van der Waals surface area contributed by atoms with Crippen LogP contribution < -0.4 is 10.6 Å². The van der Waals surface area contributed by atoms with Crippen LogP contribution in [0.25, 0.3) is 0 Å². The van der Waals surface area contributed by atoms with Gasteiger partial charge in [0.05, 0.1) is 6.04 Å². The molecule has 0 unspecified atom stereocenters. The maximum Gasteiger partial charge on any atom is 0.243 e. The molecule has 0 bridgehead atoms. The van der Waals surface area contributed by atoms with E-state index in [0.29, 0.717) is 11.2 Å². The molecule has 14 heavy (non-hydrogen) atoms. The highest BCUT2D eigenvalue weighted by Gasteiger charge is 2.47. The average Bonchev–Trinajstić information content (AvgIpc) is 2.68. The summed E-state index contributed by atoms with van der Waals surface area (Å²) in [6.45, 7) is 0. The van der Waals surface area contributed by atoms with E-state index < -0.39 is 0 Å². The smallest absolute Gasteiger partial charge is 0.243 e. The summed E-state index contributed by atoms with van der Waals surface area (Å²) in [7, 11) is 0. The summed E-state index contributed by atoms with van der Waals surface area (Å²) in [4.78, 5) is 11.6. The van der Waals surface area contributed by atoms with Gasteiger partial charge in [0.1, 0.15) is 5.51 Å². The summed E-state index contributed by atoms with van der Waals surface area (Å²) < 4.78 is 0.